The Bertz CT molecular complexity index is 1040. The SMILES string of the molecule is CCCCCC/C=C/CCCCCCCCCCCC(=O)O[C@H](COC(=O)CCCCCCCCCCC/C=C/CCCCCCCC)COP(=O)(O)OC[C@@H](O)CO. The maximum Gasteiger partial charge on any atom is 0.472 e. The third-order valence-electron chi connectivity index (χ3n) is 10.6. The number of phosphoric ester groups is 1. The van der Waals surface area contributed by atoms with Gasteiger partial charge in [-0.3, -0.25) is 18.6 Å². The molecule has 11 heteroatoms. The lowest BCUT2D eigenvalue weighted by Crippen LogP contribution is -2.29. The van der Waals surface area contributed by atoms with E-state index in [1.165, 1.54) is 154 Å². The number of esters is 2. The minimum absolute atomic E-state index is 0.184. The summed E-state index contributed by atoms with van der Waals surface area (Å²) in [5.41, 5.74) is 0. The van der Waals surface area contributed by atoms with Crippen molar-refractivity contribution < 1.29 is 47.8 Å². The van der Waals surface area contributed by atoms with E-state index in [4.69, 9.17) is 23.6 Å². The molecule has 0 rings (SSSR count). The number of carbonyl (C=O) groups excluding carboxylic acids is 2. The molecule has 0 spiro atoms. The van der Waals surface area contributed by atoms with Crippen LogP contribution in [-0.2, 0) is 32.7 Å². The molecule has 0 aromatic heterocycles. The average molecular weight is 859 g/mol. The molecule has 0 heterocycles. The van der Waals surface area contributed by atoms with Crippen LogP contribution in [0.25, 0.3) is 0 Å². The van der Waals surface area contributed by atoms with Crippen LogP contribution in [0.3, 0.4) is 0 Å². The minimum Gasteiger partial charge on any atom is -0.462 e. The fourth-order valence-corrected chi connectivity index (χ4v) is 7.60. The second-order valence-corrected chi connectivity index (χ2v) is 17.9. The molecule has 3 atom stereocenters. The summed E-state index contributed by atoms with van der Waals surface area (Å²) in [6.07, 6.45) is 45.7. The highest BCUT2D eigenvalue weighted by Crippen LogP contribution is 2.43. The van der Waals surface area contributed by atoms with Crippen molar-refractivity contribution in [1.29, 1.82) is 0 Å². The summed E-state index contributed by atoms with van der Waals surface area (Å²) < 4.78 is 32.8. The number of hydrogen-bond donors (Lipinski definition) is 3. The van der Waals surface area contributed by atoms with Gasteiger partial charge in [0, 0.05) is 12.8 Å². The van der Waals surface area contributed by atoms with E-state index in [0.717, 1.165) is 38.5 Å². The lowest BCUT2D eigenvalue weighted by molar-refractivity contribution is -0.161. The number of rotatable bonds is 46. The van der Waals surface area contributed by atoms with Gasteiger partial charge in [0.05, 0.1) is 19.8 Å². The zero-order valence-electron chi connectivity index (χ0n) is 38.0. The first-order chi connectivity index (χ1) is 28.7. The quantitative estimate of drug-likeness (QED) is 0.0234. The molecule has 0 aromatic carbocycles. The predicted octanol–water partition coefficient (Wildman–Crippen LogP) is 13.3. The van der Waals surface area contributed by atoms with Crippen LogP contribution in [0.1, 0.15) is 232 Å². The number of aliphatic hydroxyl groups is 2. The summed E-state index contributed by atoms with van der Waals surface area (Å²) in [5.74, 6) is -0.920. The van der Waals surface area contributed by atoms with Gasteiger partial charge in [0.1, 0.15) is 12.7 Å². The van der Waals surface area contributed by atoms with Crippen molar-refractivity contribution in [1.82, 2.24) is 0 Å². The van der Waals surface area contributed by atoms with Crippen molar-refractivity contribution in [3.05, 3.63) is 24.3 Å². The third-order valence-corrected chi connectivity index (χ3v) is 11.5. The van der Waals surface area contributed by atoms with Gasteiger partial charge >= 0.3 is 19.8 Å². The molecule has 59 heavy (non-hydrogen) atoms. The van der Waals surface area contributed by atoms with Crippen LogP contribution in [-0.4, -0.2) is 65.7 Å². The highest BCUT2D eigenvalue weighted by atomic mass is 31.2. The van der Waals surface area contributed by atoms with E-state index in [1.54, 1.807) is 0 Å². The molecule has 0 aliphatic heterocycles. The Morgan fingerprint density at radius 2 is 0.831 bits per heavy atom. The van der Waals surface area contributed by atoms with Crippen molar-refractivity contribution in [2.75, 3.05) is 26.4 Å². The minimum atomic E-state index is -4.62. The first-order valence-electron chi connectivity index (χ1n) is 24.3. The Kier molecular flexibility index (Phi) is 43.3. The summed E-state index contributed by atoms with van der Waals surface area (Å²) in [7, 11) is -4.62. The molecule has 1 unspecified atom stereocenters. The van der Waals surface area contributed by atoms with Crippen molar-refractivity contribution in [3.63, 3.8) is 0 Å². The fourth-order valence-electron chi connectivity index (χ4n) is 6.81. The third kappa shape index (κ3) is 44.3. The smallest absolute Gasteiger partial charge is 0.462 e. The van der Waals surface area contributed by atoms with Crippen LogP contribution in [0.15, 0.2) is 24.3 Å². The summed E-state index contributed by atoms with van der Waals surface area (Å²) in [6.45, 7) is 2.40. The molecule has 0 radical (unpaired) electrons. The van der Waals surface area contributed by atoms with Gasteiger partial charge < -0.3 is 24.6 Å². The van der Waals surface area contributed by atoms with Crippen LogP contribution in [0.2, 0.25) is 0 Å². The Balaban J connectivity index is 4.20. The van der Waals surface area contributed by atoms with E-state index >= 15 is 0 Å². The fraction of sp³-hybridized carbons (Fsp3) is 0.875. The summed E-state index contributed by atoms with van der Waals surface area (Å²) in [5, 5.41) is 18.4. The summed E-state index contributed by atoms with van der Waals surface area (Å²) in [6, 6.07) is 0. The van der Waals surface area contributed by atoms with Crippen LogP contribution in [0, 0.1) is 0 Å². The zero-order chi connectivity index (χ0) is 43.3. The van der Waals surface area contributed by atoms with Gasteiger partial charge in [0.25, 0.3) is 0 Å². The molecule has 0 bridgehead atoms. The van der Waals surface area contributed by atoms with Crippen LogP contribution < -0.4 is 0 Å². The Morgan fingerprint density at radius 3 is 1.24 bits per heavy atom. The lowest BCUT2D eigenvalue weighted by Gasteiger charge is -2.20. The monoisotopic (exact) mass is 859 g/mol. The van der Waals surface area contributed by atoms with E-state index in [1.807, 2.05) is 0 Å². The molecule has 348 valence electrons. The van der Waals surface area contributed by atoms with Crippen LogP contribution in [0.4, 0.5) is 0 Å². The molecule has 0 aromatic rings. The number of unbranched alkanes of at least 4 members (excludes halogenated alkanes) is 28. The molecular formula is C48H91O10P. The Morgan fingerprint density at radius 1 is 0.492 bits per heavy atom. The Hall–Kier alpha value is -1.55. The number of phosphoric acid groups is 1. The van der Waals surface area contributed by atoms with Gasteiger partial charge in [-0.15, -0.1) is 0 Å². The highest BCUT2D eigenvalue weighted by Gasteiger charge is 2.27. The van der Waals surface area contributed by atoms with Gasteiger partial charge in [0.2, 0.25) is 0 Å². The van der Waals surface area contributed by atoms with Gasteiger partial charge in [-0.2, -0.15) is 0 Å². The molecular weight excluding hydrogens is 767 g/mol. The molecule has 0 amide bonds. The molecule has 10 nitrogen and oxygen atoms in total. The number of carbonyl (C=O) groups is 2. The molecule has 0 aliphatic carbocycles. The molecule has 0 fully saturated rings. The zero-order valence-corrected chi connectivity index (χ0v) is 38.9. The predicted molar refractivity (Wildman–Crippen MR) is 242 cm³/mol. The highest BCUT2D eigenvalue weighted by molar-refractivity contribution is 7.47. The van der Waals surface area contributed by atoms with Crippen molar-refractivity contribution in [3.8, 4) is 0 Å². The second kappa shape index (κ2) is 44.5. The van der Waals surface area contributed by atoms with E-state index in [9.17, 15) is 24.2 Å². The topological polar surface area (TPSA) is 149 Å². The van der Waals surface area contributed by atoms with E-state index in [0.29, 0.717) is 12.8 Å². The standard InChI is InChI=1S/C48H91O10P/c1-3-5-7-9-11-13-15-17-19-21-22-24-25-27-29-31-33-35-37-39-47(51)55-43-46(44-57-59(53,54)56-42-45(50)41-49)58-48(52)40-38-36-34-32-30-28-26-23-20-18-16-14-12-10-8-6-4-2/h14,16-17,19,45-46,49-50H,3-13,15,18,20-44H2,1-2H3,(H,53,54)/b16-14+,19-17+/t45-,46+/m0/s1. The maximum absolute atomic E-state index is 12.6. The van der Waals surface area contributed by atoms with Crippen molar-refractivity contribution >= 4 is 19.8 Å². The van der Waals surface area contributed by atoms with Gasteiger partial charge in [-0.25, -0.2) is 4.57 Å². The number of aliphatic hydroxyl groups excluding tert-OH is 2. The van der Waals surface area contributed by atoms with Crippen molar-refractivity contribution in [2.24, 2.45) is 0 Å². The number of allylic oxidation sites excluding steroid dienone is 4. The first kappa shape index (κ1) is 57.4. The number of ether oxygens (including phenoxy) is 2. The maximum atomic E-state index is 12.6. The molecule has 3 N–H and O–H groups in total. The van der Waals surface area contributed by atoms with E-state index in [-0.39, 0.29) is 19.4 Å². The largest absolute Gasteiger partial charge is 0.472 e. The van der Waals surface area contributed by atoms with Crippen molar-refractivity contribution in [2.45, 2.75) is 244 Å². The molecule has 0 saturated heterocycles. The first-order valence-corrected chi connectivity index (χ1v) is 25.8. The number of hydrogen-bond acceptors (Lipinski definition) is 9. The van der Waals surface area contributed by atoms with Gasteiger partial charge in [-0.1, -0.05) is 179 Å². The van der Waals surface area contributed by atoms with Gasteiger partial charge in [-0.05, 0) is 64.2 Å². The van der Waals surface area contributed by atoms with Crippen LogP contribution >= 0.6 is 7.82 Å². The molecule has 0 aliphatic rings. The van der Waals surface area contributed by atoms with E-state index in [2.05, 4.69) is 38.2 Å². The molecule has 0 saturated carbocycles. The lowest BCUT2D eigenvalue weighted by atomic mass is 10.1. The normalized spacial score (nSPS) is 13.9. The second-order valence-electron chi connectivity index (χ2n) is 16.5. The van der Waals surface area contributed by atoms with Gasteiger partial charge in [0.15, 0.2) is 6.10 Å². The summed E-state index contributed by atoms with van der Waals surface area (Å²) in [4.78, 5) is 35.1. The summed E-state index contributed by atoms with van der Waals surface area (Å²) >= 11 is 0. The van der Waals surface area contributed by atoms with E-state index < -0.39 is 51.8 Å². The van der Waals surface area contributed by atoms with Crippen LogP contribution in [0.5, 0.6) is 0 Å². The average Bonchev–Trinajstić information content (AvgIpc) is 3.22. The Labute approximate surface area is 361 Å².